The predicted molar refractivity (Wildman–Crippen MR) is 101 cm³/mol. The van der Waals surface area contributed by atoms with E-state index in [0.29, 0.717) is 42.7 Å². The van der Waals surface area contributed by atoms with Crippen molar-refractivity contribution < 1.29 is 9.32 Å². The Morgan fingerprint density at radius 2 is 1.85 bits per heavy atom. The summed E-state index contributed by atoms with van der Waals surface area (Å²) in [6.07, 6.45) is 0.729. The molecule has 6 heteroatoms. The molecule has 3 rings (SSSR count). The van der Waals surface area contributed by atoms with E-state index in [4.69, 9.17) is 16.1 Å². The van der Waals surface area contributed by atoms with Gasteiger partial charge in [0.25, 0.3) is 0 Å². The Kier molecular flexibility index (Phi) is 6.02. The standard InChI is InChI=1S/C20H20ClN3O2/c1-2-24(14-15-8-4-3-5-9-15)19(25)13-12-18-22-20(23-26-18)16-10-6-7-11-17(16)21/h3-11H,2,12-14H2,1H3. The van der Waals surface area contributed by atoms with Gasteiger partial charge >= 0.3 is 0 Å². The highest BCUT2D eigenvalue weighted by atomic mass is 35.5. The molecule has 0 aliphatic heterocycles. The zero-order valence-electron chi connectivity index (χ0n) is 14.6. The Morgan fingerprint density at radius 1 is 1.12 bits per heavy atom. The number of aromatic nitrogens is 2. The van der Waals surface area contributed by atoms with Gasteiger partial charge in [0.1, 0.15) is 0 Å². The summed E-state index contributed by atoms with van der Waals surface area (Å²) >= 11 is 6.15. The highest BCUT2D eigenvalue weighted by Crippen LogP contribution is 2.25. The van der Waals surface area contributed by atoms with Crippen LogP contribution in [0.15, 0.2) is 59.1 Å². The van der Waals surface area contributed by atoms with Crippen LogP contribution in [-0.4, -0.2) is 27.5 Å². The molecule has 3 aromatic rings. The van der Waals surface area contributed by atoms with Crippen molar-refractivity contribution in [1.82, 2.24) is 15.0 Å². The molecule has 0 aliphatic rings. The lowest BCUT2D eigenvalue weighted by molar-refractivity contribution is -0.131. The molecule has 0 N–H and O–H groups in total. The van der Waals surface area contributed by atoms with E-state index in [1.165, 1.54) is 0 Å². The van der Waals surface area contributed by atoms with Crippen LogP contribution in [0.5, 0.6) is 0 Å². The fourth-order valence-electron chi connectivity index (χ4n) is 2.66. The predicted octanol–water partition coefficient (Wildman–Crippen LogP) is 4.37. The fourth-order valence-corrected chi connectivity index (χ4v) is 2.88. The van der Waals surface area contributed by atoms with Gasteiger partial charge in [-0.15, -0.1) is 0 Å². The van der Waals surface area contributed by atoms with Gasteiger partial charge in [0.2, 0.25) is 17.6 Å². The van der Waals surface area contributed by atoms with Crippen molar-refractivity contribution in [2.24, 2.45) is 0 Å². The zero-order valence-corrected chi connectivity index (χ0v) is 15.3. The van der Waals surface area contributed by atoms with E-state index in [1.807, 2.05) is 60.4 Å². The second kappa shape index (κ2) is 8.63. The molecule has 0 saturated carbocycles. The van der Waals surface area contributed by atoms with Crippen molar-refractivity contribution >= 4 is 17.5 Å². The van der Waals surface area contributed by atoms with Crippen LogP contribution in [0.4, 0.5) is 0 Å². The first-order valence-corrected chi connectivity index (χ1v) is 8.94. The van der Waals surface area contributed by atoms with Gasteiger partial charge in [-0.25, -0.2) is 0 Å². The first-order chi connectivity index (χ1) is 12.7. The maximum absolute atomic E-state index is 12.5. The van der Waals surface area contributed by atoms with E-state index in [1.54, 1.807) is 6.07 Å². The molecular weight excluding hydrogens is 350 g/mol. The zero-order chi connectivity index (χ0) is 18.4. The minimum Gasteiger partial charge on any atom is -0.339 e. The third-order valence-electron chi connectivity index (χ3n) is 4.09. The van der Waals surface area contributed by atoms with Crippen molar-refractivity contribution in [1.29, 1.82) is 0 Å². The molecule has 0 fully saturated rings. The number of hydrogen-bond acceptors (Lipinski definition) is 4. The van der Waals surface area contributed by atoms with E-state index < -0.39 is 0 Å². The fraction of sp³-hybridized carbons (Fsp3) is 0.250. The Morgan fingerprint density at radius 3 is 2.58 bits per heavy atom. The first-order valence-electron chi connectivity index (χ1n) is 8.56. The maximum atomic E-state index is 12.5. The second-order valence-electron chi connectivity index (χ2n) is 5.89. The summed E-state index contributed by atoms with van der Waals surface area (Å²) in [5, 5.41) is 4.53. The average Bonchev–Trinajstić information content (AvgIpc) is 3.14. The van der Waals surface area contributed by atoms with Crippen LogP contribution in [0.25, 0.3) is 11.4 Å². The van der Waals surface area contributed by atoms with Gasteiger partial charge in [-0.2, -0.15) is 4.98 Å². The molecule has 1 aromatic heterocycles. The highest BCUT2D eigenvalue weighted by Gasteiger charge is 2.16. The van der Waals surface area contributed by atoms with Crippen LogP contribution in [0.1, 0.15) is 24.8 Å². The van der Waals surface area contributed by atoms with E-state index >= 15 is 0 Å². The van der Waals surface area contributed by atoms with Gasteiger partial charge in [0.05, 0.1) is 5.02 Å². The monoisotopic (exact) mass is 369 g/mol. The van der Waals surface area contributed by atoms with Crippen LogP contribution in [0, 0.1) is 0 Å². The summed E-state index contributed by atoms with van der Waals surface area (Å²) in [6.45, 7) is 3.23. The minimum atomic E-state index is 0.0637. The lowest BCUT2D eigenvalue weighted by Crippen LogP contribution is -2.30. The topological polar surface area (TPSA) is 59.2 Å². The van der Waals surface area contributed by atoms with Crippen molar-refractivity contribution in [3.63, 3.8) is 0 Å². The van der Waals surface area contributed by atoms with Crippen molar-refractivity contribution in [3.8, 4) is 11.4 Å². The number of aryl methyl sites for hydroxylation is 1. The Hall–Kier alpha value is -2.66. The van der Waals surface area contributed by atoms with Crippen molar-refractivity contribution in [2.75, 3.05) is 6.54 Å². The number of nitrogens with zero attached hydrogens (tertiary/aromatic N) is 3. The molecule has 0 radical (unpaired) electrons. The number of halogens is 1. The van der Waals surface area contributed by atoms with Crippen LogP contribution < -0.4 is 0 Å². The normalized spacial score (nSPS) is 10.7. The Balaban J connectivity index is 1.60. The third-order valence-corrected chi connectivity index (χ3v) is 4.42. The first kappa shape index (κ1) is 18.1. The molecule has 0 atom stereocenters. The largest absolute Gasteiger partial charge is 0.339 e. The van der Waals surface area contributed by atoms with Gasteiger partial charge in [-0.05, 0) is 24.6 Å². The van der Waals surface area contributed by atoms with Gasteiger partial charge in [-0.1, -0.05) is 59.2 Å². The molecule has 26 heavy (non-hydrogen) atoms. The number of carbonyl (C=O) groups is 1. The summed E-state index contributed by atoms with van der Waals surface area (Å²) in [6, 6.07) is 17.3. The molecule has 0 saturated heterocycles. The number of carbonyl (C=O) groups excluding carboxylic acids is 1. The van der Waals surface area contributed by atoms with E-state index in [0.717, 1.165) is 11.1 Å². The molecule has 0 unspecified atom stereocenters. The summed E-state index contributed by atoms with van der Waals surface area (Å²) in [4.78, 5) is 18.7. The Bertz CT molecular complexity index is 864. The second-order valence-corrected chi connectivity index (χ2v) is 6.29. The summed E-state index contributed by atoms with van der Waals surface area (Å²) in [7, 11) is 0. The van der Waals surface area contributed by atoms with E-state index in [2.05, 4.69) is 10.1 Å². The molecule has 0 spiro atoms. The summed E-state index contributed by atoms with van der Waals surface area (Å²) < 4.78 is 5.27. The molecule has 5 nitrogen and oxygen atoms in total. The molecule has 1 heterocycles. The van der Waals surface area contributed by atoms with Crippen LogP contribution in [0.3, 0.4) is 0 Å². The molecule has 1 amide bonds. The smallest absolute Gasteiger partial charge is 0.227 e. The van der Waals surface area contributed by atoms with Crippen molar-refractivity contribution in [3.05, 3.63) is 71.1 Å². The van der Waals surface area contributed by atoms with Crippen LogP contribution >= 0.6 is 11.6 Å². The Labute approximate surface area is 157 Å². The summed E-state index contributed by atoms with van der Waals surface area (Å²) in [5.74, 6) is 0.938. The molecule has 0 bridgehead atoms. The quantitative estimate of drug-likeness (QED) is 0.620. The average molecular weight is 370 g/mol. The molecule has 134 valence electrons. The van der Waals surface area contributed by atoms with Gasteiger partial charge in [-0.3, -0.25) is 4.79 Å². The van der Waals surface area contributed by atoms with Crippen molar-refractivity contribution in [2.45, 2.75) is 26.3 Å². The highest BCUT2D eigenvalue weighted by molar-refractivity contribution is 6.33. The number of hydrogen-bond donors (Lipinski definition) is 0. The lowest BCUT2D eigenvalue weighted by Gasteiger charge is -2.20. The molecule has 2 aromatic carbocycles. The van der Waals surface area contributed by atoms with E-state index in [-0.39, 0.29) is 5.91 Å². The van der Waals surface area contributed by atoms with Crippen LogP contribution in [0.2, 0.25) is 5.02 Å². The molecule has 0 aliphatic carbocycles. The van der Waals surface area contributed by atoms with Gasteiger partial charge in [0, 0.05) is 31.5 Å². The maximum Gasteiger partial charge on any atom is 0.227 e. The number of benzene rings is 2. The SMILES string of the molecule is CCN(Cc1ccccc1)C(=O)CCc1nc(-c2ccccc2Cl)no1. The molecular formula is C20H20ClN3O2. The van der Waals surface area contributed by atoms with Crippen LogP contribution in [-0.2, 0) is 17.8 Å². The number of rotatable bonds is 7. The minimum absolute atomic E-state index is 0.0637. The van der Waals surface area contributed by atoms with E-state index in [9.17, 15) is 4.79 Å². The lowest BCUT2D eigenvalue weighted by atomic mass is 10.2. The van der Waals surface area contributed by atoms with Gasteiger partial charge in [0.15, 0.2) is 0 Å². The third kappa shape index (κ3) is 4.49. The summed E-state index contributed by atoms with van der Waals surface area (Å²) in [5.41, 5.74) is 1.83. The van der Waals surface area contributed by atoms with Gasteiger partial charge < -0.3 is 9.42 Å². The number of amides is 1.